The van der Waals surface area contributed by atoms with Crippen LogP contribution in [0, 0.1) is 5.82 Å². The van der Waals surface area contributed by atoms with Crippen LogP contribution in [0.25, 0.3) is 0 Å². The van der Waals surface area contributed by atoms with E-state index in [-0.39, 0.29) is 47.5 Å². The fourth-order valence-corrected chi connectivity index (χ4v) is 8.00. The second-order valence-electron chi connectivity index (χ2n) is 6.70. The van der Waals surface area contributed by atoms with E-state index in [4.69, 9.17) is 0 Å². The van der Waals surface area contributed by atoms with Gasteiger partial charge in [0.2, 0.25) is 5.91 Å². The van der Waals surface area contributed by atoms with Crippen LogP contribution in [0.1, 0.15) is 29.0 Å². The number of hydrogen-bond donors (Lipinski definition) is 1. The summed E-state index contributed by atoms with van der Waals surface area (Å²) in [6, 6.07) is 8.74. The highest BCUT2D eigenvalue weighted by atomic mass is 32.2. The van der Waals surface area contributed by atoms with Crippen molar-refractivity contribution in [2.45, 2.75) is 29.3 Å². The first-order valence-corrected chi connectivity index (χ1v) is 12.9. The number of halogens is 1. The molecule has 158 valence electrons. The minimum atomic E-state index is -3.89. The Bertz CT molecular complexity index is 1110. The maximum atomic E-state index is 14.2. The number of hydrogen-bond acceptors (Lipinski definition) is 6. The van der Waals surface area contributed by atoms with Crippen molar-refractivity contribution in [3.8, 4) is 0 Å². The number of benzene rings is 1. The maximum absolute atomic E-state index is 14.2. The lowest BCUT2D eigenvalue weighted by Gasteiger charge is -2.18. The van der Waals surface area contributed by atoms with E-state index in [0.717, 1.165) is 15.6 Å². The first kappa shape index (κ1) is 21.9. The third-order valence-corrected chi connectivity index (χ3v) is 10.3. The highest BCUT2D eigenvalue weighted by Gasteiger charge is 2.37. The SMILES string of the molecule is CC(=O)NCc1ccc(S(=O)(=O)N2CCC(c3ccccc3F)S(=O)(=O)CC2)s1. The van der Waals surface area contributed by atoms with E-state index in [0.29, 0.717) is 4.88 Å². The van der Waals surface area contributed by atoms with Crippen molar-refractivity contribution in [3.63, 3.8) is 0 Å². The lowest BCUT2D eigenvalue weighted by Crippen LogP contribution is -2.33. The normalized spacial score (nSPS) is 20.1. The number of amides is 1. The van der Waals surface area contributed by atoms with Gasteiger partial charge in [-0.15, -0.1) is 11.3 Å². The van der Waals surface area contributed by atoms with Crippen LogP contribution in [-0.4, -0.2) is 45.9 Å². The zero-order chi connectivity index (χ0) is 21.2. The number of nitrogens with zero attached hydrogens (tertiary/aromatic N) is 1. The van der Waals surface area contributed by atoms with Gasteiger partial charge in [0.1, 0.15) is 10.0 Å². The zero-order valence-corrected chi connectivity index (χ0v) is 18.1. The summed E-state index contributed by atoms with van der Waals surface area (Å²) in [5.41, 5.74) is 0.0699. The van der Waals surface area contributed by atoms with Crippen molar-refractivity contribution in [1.29, 1.82) is 0 Å². The van der Waals surface area contributed by atoms with Crippen LogP contribution in [0.2, 0.25) is 0 Å². The Morgan fingerprint density at radius 1 is 1.24 bits per heavy atom. The fourth-order valence-electron chi connectivity index (χ4n) is 3.18. The third-order valence-electron chi connectivity index (χ3n) is 4.69. The van der Waals surface area contributed by atoms with Gasteiger partial charge in [-0.3, -0.25) is 4.79 Å². The Labute approximate surface area is 173 Å². The molecule has 3 rings (SSSR count). The summed E-state index contributed by atoms with van der Waals surface area (Å²) >= 11 is 1.03. The summed E-state index contributed by atoms with van der Waals surface area (Å²) in [6.45, 7) is 1.38. The topological polar surface area (TPSA) is 101 Å². The molecule has 1 aromatic carbocycles. The molecule has 0 aliphatic carbocycles. The van der Waals surface area contributed by atoms with Crippen LogP contribution in [0.5, 0.6) is 0 Å². The first-order chi connectivity index (χ1) is 13.6. The smallest absolute Gasteiger partial charge is 0.252 e. The molecular weight excluding hydrogens is 439 g/mol. The summed E-state index contributed by atoms with van der Waals surface area (Å²) in [7, 11) is -7.60. The van der Waals surface area contributed by atoms with Crippen LogP contribution in [-0.2, 0) is 31.2 Å². The molecule has 1 aliphatic rings. The Hall–Kier alpha value is -1.82. The van der Waals surface area contributed by atoms with Crippen molar-refractivity contribution in [1.82, 2.24) is 9.62 Å². The third kappa shape index (κ3) is 4.85. The largest absolute Gasteiger partial charge is 0.351 e. The summed E-state index contributed by atoms with van der Waals surface area (Å²) in [5.74, 6) is -1.21. The van der Waals surface area contributed by atoms with Crippen molar-refractivity contribution in [2.24, 2.45) is 0 Å². The Balaban J connectivity index is 1.82. The highest BCUT2D eigenvalue weighted by Crippen LogP contribution is 2.33. The fraction of sp³-hybridized carbons (Fsp3) is 0.389. The lowest BCUT2D eigenvalue weighted by atomic mass is 10.1. The van der Waals surface area contributed by atoms with E-state index in [9.17, 15) is 26.0 Å². The van der Waals surface area contributed by atoms with Gasteiger partial charge in [0.25, 0.3) is 10.0 Å². The molecule has 1 unspecified atom stereocenters. The van der Waals surface area contributed by atoms with E-state index in [1.165, 1.54) is 31.2 Å². The van der Waals surface area contributed by atoms with E-state index in [1.807, 2.05) is 0 Å². The first-order valence-electron chi connectivity index (χ1n) is 8.90. The molecule has 1 fully saturated rings. The molecule has 0 saturated carbocycles. The molecule has 1 aromatic heterocycles. The van der Waals surface area contributed by atoms with Gasteiger partial charge in [0, 0.05) is 30.5 Å². The van der Waals surface area contributed by atoms with Crippen LogP contribution >= 0.6 is 11.3 Å². The molecular formula is C18H21FN2O5S3. The van der Waals surface area contributed by atoms with Gasteiger partial charge in [-0.1, -0.05) is 18.2 Å². The standard InChI is InChI=1S/C18H21FN2O5S3/c1-13(22)20-12-14-6-7-18(27-14)29(25,26)21-9-8-17(28(23,24)11-10-21)15-4-2-3-5-16(15)19/h2-7,17H,8-12H2,1H3,(H,20,22). The monoisotopic (exact) mass is 460 g/mol. The molecule has 1 atom stereocenters. The predicted octanol–water partition coefficient (Wildman–Crippen LogP) is 2.07. The van der Waals surface area contributed by atoms with Crippen LogP contribution in [0.15, 0.2) is 40.6 Å². The molecule has 1 aliphatic heterocycles. The molecule has 1 saturated heterocycles. The van der Waals surface area contributed by atoms with Crippen molar-refractivity contribution >= 4 is 37.1 Å². The van der Waals surface area contributed by atoms with Crippen LogP contribution in [0.3, 0.4) is 0 Å². The van der Waals surface area contributed by atoms with Gasteiger partial charge in [0.05, 0.1) is 17.5 Å². The van der Waals surface area contributed by atoms with Crippen LogP contribution < -0.4 is 5.32 Å². The minimum absolute atomic E-state index is 0.0212. The number of carbonyl (C=O) groups is 1. The van der Waals surface area contributed by atoms with E-state index in [2.05, 4.69) is 5.32 Å². The molecule has 0 radical (unpaired) electrons. The van der Waals surface area contributed by atoms with E-state index in [1.54, 1.807) is 12.1 Å². The number of sulfonamides is 1. The molecule has 2 heterocycles. The highest BCUT2D eigenvalue weighted by molar-refractivity contribution is 7.92. The quantitative estimate of drug-likeness (QED) is 0.736. The molecule has 2 aromatic rings. The van der Waals surface area contributed by atoms with Gasteiger partial charge in [-0.25, -0.2) is 21.2 Å². The van der Waals surface area contributed by atoms with Crippen molar-refractivity contribution in [2.75, 3.05) is 18.8 Å². The molecule has 29 heavy (non-hydrogen) atoms. The second-order valence-corrected chi connectivity index (χ2v) is 12.3. The molecule has 7 nitrogen and oxygen atoms in total. The Morgan fingerprint density at radius 2 is 1.97 bits per heavy atom. The zero-order valence-electron chi connectivity index (χ0n) is 15.7. The molecule has 11 heteroatoms. The number of nitrogens with one attached hydrogen (secondary N) is 1. The van der Waals surface area contributed by atoms with Gasteiger partial charge in [-0.2, -0.15) is 4.31 Å². The number of rotatable bonds is 5. The van der Waals surface area contributed by atoms with E-state index >= 15 is 0 Å². The number of thiophene rings is 1. The van der Waals surface area contributed by atoms with Crippen molar-refractivity contribution < 1.29 is 26.0 Å². The summed E-state index contributed by atoms with van der Waals surface area (Å²) < 4.78 is 66.7. The maximum Gasteiger partial charge on any atom is 0.252 e. The van der Waals surface area contributed by atoms with Gasteiger partial charge in [-0.05, 0) is 24.6 Å². The summed E-state index contributed by atoms with van der Waals surface area (Å²) in [6.07, 6.45) is -0.0212. The lowest BCUT2D eigenvalue weighted by molar-refractivity contribution is -0.119. The Morgan fingerprint density at radius 3 is 2.66 bits per heavy atom. The molecule has 0 bridgehead atoms. The second kappa shape index (κ2) is 8.50. The van der Waals surface area contributed by atoms with Crippen molar-refractivity contribution in [3.05, 3.63) is 52.7 Å². The molecule has 1 N–H and O–H groups in total. The molecule has 0 spiro atoms. The van der Waals surface area contributed by atoms with E-state index < -0.39 is 30.9 Å². The predicted molar refractivity (Wildman–Crippen MR) is 108 cm³/mol. The average Bonchev–Trinajstić information content (AvgIpc) is 3.07. The van der Waals surface area contributed by atoms with Gasteiger partial charge >= 0.3 is 0 Å². The van der Waals surface area contributed by atoms with Gasteiger partial charge < -0.3 is 5.32 Å². The average molecular weight is 461 g/mol. The molecule has 1 amide bonds. The Kier molecular flexibility index (Phi) is 6.42. The number of sulfone groups is 1. The summed E-state index contributed by atoms with van der Waals surface area (Å²) in [5, 5.41) is 1.52. The van der Waals surface area contributed by atoms with Crippen LogP contribution in [0.4, 0.5) is 4.39 Å². The summed E-state index contributed by atoms with van der Waals surface area (Å²) in [4.78, 5) is 11.7. The van der Waals surface area contributed by atoms with Gasteiger partial charge in [0.15, 0.2) is 9.84 Å². The number of carbonyl (C=O) groups excluding carboxylic acids is 1. The minimum Gasteiger partial charge on any atom is -0.351 e.